The molecule has 0 aromatic rings. The molecule has 11 nitrogen and oxygen atoms in total. The van der Waals surface area contributed by atoms with Gasteiger partial charge in [-0.05, 0) is 18.9 Å². The molecule has 2 atom stereocenters. The molecule has 0 radical (unpaired) electrons. The van der Waals surface area contributed by atoms with E-state index in [-0.39, 0.29) is 29.5 Å². The maximum Gasteiger partial charge on any atom is 0.328 e. The van der Waals surface area contributed by atoms with Gasteiger partial charge in [-0.3, -0.25) is 19.2 Å². The fraction of sp³-hybridized carbons (Fsp3) is 0.520. The molecule has 11 heteroatoms. The van der Waals surface area contributed by atoms with Gasteiger partial charge in [-0.15, -0.1) is 6.58 Å². The number of Topliss-reactive ketones (excluding diaryl/α,β-unsaturated/α-hetero) is 1. The molecule has 0 heterocycles. The molecule has 0 aromatic heterocycles. The Labute approximate surface area is 213 Å². The number of carbonyl (C=O) groups excluding carboxylic acids is 6. The van der Waals surface area contributed by atoms with E-state index in [1.165, 1.54) is 47.1 Å². The summed E-state index contributed by atoms with van der Waals surface area (Å²) >= 11 is 0. The predicted molar refractivity (Wildman–Crippen MR) is 136 cm³/mol. The normalized spacial score (nSPS) is 11.4. The second-order valence-corrected chi connectivity index (χ2v) is 7.14. The van der Waals surface area contributed by atoms with Gasteiger partial charge in [0, 0.05) is 27.2 Å². The van der Waals surface area contributed by atoms with E-state index >= 15 is 0 Å². The summed E-state index contributed by atoms with van der Waals surface area (Å²) in [6, 6.07) is -1.09. The lowest BCUT2D eigenvalue weighted by atomic mass is 10.2. The van der Waals surface area contributed by atoms with Gasteiger partial charge in [-0.1, -0.05) is 39.0 Å². The lowest BCUT2D eigenvalue weighted by Crippen LogP contribution is -2.40. The van der Waals surface area contributed by atoms with Gasteiger partial charge in [0.05, 0.1) is 19.9 Å². The van der Waals surface area contributed by atoms with Gasteiger partial charge < -0.3 is 25.4 Å². The molecular weight excluding hydrogens is 470 g/mol. The van der Waals surface area contributed by atoms with E-state index in [1.54, 1.807) is 13.0 Å². The number of ketones is 1. The highest BCUT2D eigenvalue weighted by Gasteiger charge is 2.18. The van der Waals surface area contributed by atoms with Crippen molar-refractivity contribution in [3.05, 3.63) is 37.1 Å². The number of methoxy groups -OCH3 is 2. The molecule has 0 bridgehead atoms. The summed E-state index contributed by atoms with van der Waals surface area (Å²) in [5.41, 5.74) is 0.306. The Kier molecular flexibility index (Phi) is 23.5. The van der Waals surface area contributed by atoms with E-state index in [1.807, 2.05) is 6.92 Å². The van der Waals surface area contributed by atoms with Gasteiger partial charge in [-0.2, -0.15) is 0 Å². The fourth-order valence-electron chi connectivity index (χ4n) is 2.40. The van der Waals surface area contributed by atoms with Crippen LogP contribution in [0.15, 0.2) is 37.1 Å². The molecule has 3 N–H and O–H groups in total. The molecule has 0 aliphatic carbocycles. The van der Waals surface area contributed by atoms with E-state index < -0.39 is 18.1 Å². The standard InChI is InChI=1S/C9H13NO2.C8H15NO3.C8H13NO3/c1-4-6-8(9(12)5-2)10-7(3)11;2*1-4-5-7(8(11)12-3)9-6(2)10/h4,6H,1,5H2,2-3H3,(H,10,11);7H,4-5H2,1-3H3,(H,9,10);4,7H,1,5H2,2-3H3,(H,9,10)/b8-6-;;/t;2*7-/m.00/s1. The van der Waals surface area contributed by atoms with Gasteiger partial charge >= 0.3 is 11.9 Å². The second-order valence-electron chi connectivity index (χ2n) is 7.14. The van der Waals surface area contributed by atoms with Crippen LogP contribution in [-0.4, -0.2) is 61.7 Å². The Morgan fingerprint density at radius 2 is 1.28 bits per heavy atom. The number of esters is 2. The lowest BCUT2D eigenvalue weighted by Gasteiger charge is -2.13. The zero-order valence-electron chi connectivity index (χ0n) is 22.4. The van der Waals surface area contributed by atoms with E-state index in [9.17, 15) is 28.8 Å². The van der Waals surface area contributed by atoms with Crippen LogP contribution in [0.2, 0.25) is 0 Å². The number of hydrogen-bond acceptors (Lipinski definition) is 8. The van der Waals surface area contributed by atoms with Crippen molar-refractivity contribution >= 4 is 35.4 Å². The molecule has 0 aliphatic rings. The van der Waals surface area contributed by atoms with Crippen LogP contribution in [0.3, 0.4) is 0 Å². The van der Waals surface area contributed by atoms with E-state index in [0.29, 0.717) is 25.0 Å². The van der Waals surface area contributed by atoms with E-state index in [0.717, 1.165) is 6.42 Å². The molecule has 0 aliphatic heterocycles. The fourth-order valence-corrected chi connectivity index (χ4v) is 2.40. The van der Waals surface area contributed by atoms with Crippen molar-refractivity contribution in [2.24, 2.45) is 0 Å². The Hall–Kier alpha value is -3.76. The summed E-state index contributed by atoms with van der Waals surface area (Å²) in [7, 11) is 2.59. The first-order valence-corrected chi connectivity index (χ1v) is 11.3. The zero-order valence-corrected chi connectivity index (χ0v) is 22.4. The topological polar surface area (TPSA) is 157 Å². The SMILES string of the molecule is C=C/C=C(\NC(C)=O)C(=O)CC.C=CC[C@H](NC(C)=O)C(=O)OC.CCC[C@H](NC(C)=O)C(=O)OC. The Balaban J connectivity index is -0.000000454. The summed E-state index contributed by atoms with van der Waals surface area (Å²) < 4.78 is 8.98. The molecule has 3 amide bonds. The van der Waals surface area contributed by atoms with Crippen LogP contribution in [-0.2, 0) is 38.2 Å². The molecule has 0 fully saturated rings. The minimum absolute atomic E-state index is 0.0925. The Morgan fingerprint density at radius 1 is 0.806 bits per heavy atom. The predicted octanol–water partition coefficient (Wildman–Crippen LogP) is 1.88. The molecule has 0 rings (SSSR count). The summed E-state index contributed by atoms with van der Waals surface area (Å²) in [5, 5.41) is 7.40. The number of allylic oxidation sites excluding steroid dienone is 3. The van der Waals surface area contributed by atoms with Crippen molar-refractivity contribution in [2.75, 3.05) is 14.2 Å². The molecule has 0 spiro atoms. The number of carbonyl (C=O) groups is 6. The smallest absolute Gasteiger partial charge is 0.328 e. The maximum absolute atomic E-state index is 11.1. The van der Waals surface area contributed by atoms with Crippen molar-refractivity contribution in [1.82, 2.24) is 16.0 Å². The van der Waals surface area contributed by atoms with Crippen LogP contribution in [0, 0.1) is 0 Å². The number of nitrogens with one attached hydrogen (secondary N) is 3. The van der Waals surface area contributed by atoms with Crippen LogP contribution >= 0.6 is 0 Å². The zero-order chi connectivity index (χ0) is 28.7. The molecule has 0 saturated heterocycles. The van der Waals surface area contributed by atoms with Crippen LogP contribution in [0.5, 0.6) is 0 Å². The number of ether oxygens (including phenoxy) is 2. The van der Waals surface area contributed by atoms with Gasteiger partial charge in [0.15, 0.2) is 5.78 Å². The average molecular weight is 512 g/mol. The third-order valence-corrected chi connectivity index (χ3v) is 3.92. The van der Waals surface area contributed by atoms with Crippen molar-refractivity contribution in [3.63, 3.8) is 0 Å². The van der Waals surface area contributed by atoms with Gasteiger partial charge in [0.25, 0.3) is 0 Å². The summed E-state index contributed by atoms with van der Waals surface area (Å²) in [4.78, 5) is 64.9. The summed E-state index contributed by atoms with van der Waals surface area (Å²) in [6.45, 7) is 14.7. The third-order valence-electron chi connectivity index (χ3n) is 3.92. The first-order chi connectivity index (χ1) is 16.8. The minimum atomic E-state index is -0.606. The number of hydrogen-bond donors (Lipinski definition) is 3. The first-order valence-electron chi connectivity index (χ1n) is 11.3. The van der Waals surface area contributed by atoms with Crippen molar-refractivity contribution in [2.45, 2.75) is 72.4 Å². The van der Waals surface area contributed by atoms with Crippen molar-refractivity contribution in [1.29, 1.82) is 0 Å². The van der Waals surface area contributed by atoms with Crippen molar-refractivity contribution in [3.8, 4) is 0 Å². The molecule has 0 saturated carbocycles. The molecule has 204 valence electrons. The average Bonchev–Trinajstić information content (AvgIpc) is 2.81. The highest BCUT2D eigenvalue weighted by atomic mass is 16.5. The molecular formula is C25H41N3O8. The van der Waals surface area contributed by atoms with Crippen LogP contribution in [0.4, 0.5) is 0 Å². The Morgan fingerprint density at radius 3 is 1.61 bits per heavy atom. The van der Waals surface area contributed by atoms with Gasteiger partial charge in [-0.25, -0.2) is 9.59 Å². The minimum Gasteiger partial charge on any atom is -0.467 e. The molecule has 0 unspecified atom stereocenters. The van der Waals surface area contributed by atoms with Crippen LogP contribution in [0.1, 0.15) is 60.3 Å². The first kappa shape index (κ1) is 36.8. The molecule has 36 heavy (non-hydrogen) atoms. The number of amides is 3. The highest BCUT2D eigenvalue weighted by Crippen LogP contribution is 1.98. The quantitative estimate of drug-likeness (QED) is 0.155. The maximum atomic E-state index is 11.1. The summed E-state index contributed by atoms with van der Waals surface area (Å²) in [6.07, 6.45) is 6.72. The van der Waals surface area contributed by atoms with E-state index in [2.05, 4.69) is 38.6 Å². The van der Waals surface area contributed by atoms with Crippen LogP contribution < -0.4 is 16.0 Å². The van der Waals surface area contributed by atoms with Crippen LogP contribution in [0.25, 0.3) is 0 Å². The summed E-state index contributed by atoms with van der Waals surface area (Å²) in [5.74, 6) is -1.64. The molecule has 0 aromatic carbocycles. The largest absolute Gasteiger partial charge is 0.467 e. The lowest BCUT2D eigenvalue weighted by molar-refractivity contribution is -0.145. The monoisotopic (exact) mass is 511 g/mol. The number of rotatable bonds is 12. The van der Waals surface area contributed by atoms with Crippen molar-refractivity contribution < 1.29 is 38.2 Å². The highest BCUT2D eigenvalue weighted by molar-refractivity contribution is 5.98. The van der Waals surface area contributed by atoms with Gasteiger partial charge in [0.2, 0.25) is 17.7 Å². The second kappa shape index (κ2) is 23.0. The van der Waals surface area contributed by atoms with Gasteiger partial charge in [0.1, 0.15) is 12.1 Å². The third kappa shape index (κ3) is 20.8. The van der Waals surface area contributed by atoms with E-state index in [4.69, 9.17) is 0 Å². The Bertz CT molecular complexity index is 790.